The molecule has 2 heterocycles. The molecule has 0 aliphatic carbocycles. The highest BCUT2D eigenvalue weighted by molar-refractivity contribution is 7.89. The second-order valence-electron chi connectivity index (χ2n) is 5.16. The van der Waals surface area contributed by atoms with Crippen LogP contribution in [0.15, 0.2) is 0 Å². The molecule has 2 aliphatic heterocycles. The lowest BCUT2D eigenvalue weighted by molar-refractivity contribution is -0.118. The summed E-state index contributed by atoms with van der Waals surface area (Å²) in [6.45, 7) is 3.12. The fraction of sp³-hybridized carbons (Fsp3) is 0.917. The van der Waals surface area contributed by atoms with E-state index in [1.54, 1.807) is 0 Å². The SMILES string of the molecule is CC(=O)CC1COCCN1S(=O)(=O)CC1CCCO1. The average Bonchev–Trinajstić information content (AvgIpc) is 2.80. The predicted octanol–water partition coefficient (Wildman–Crippen LogP) is 0.175. The highest BCUT2D eigenvalue weighted by atomic mass is 32.2. The van der Waals surface area contributed by atoms with Crippen LogP contribution in [-0.2, 0) is 24.3 Å². The number of carbonyl (C=O) groups excluding carboxylic acids is 1. The topological polar surface area (TPSA) is 72.9 Å². The molecule has 0 amide bonds. The molecule has 0 aromatic rings. The zero-order valence-electron chi connectivity index (χ0n) is 11.2. The number of morpholine rings is 1. The number of Topliss-reactive ketones (excluding diaryl/α,β-unsaturated/α-hetero) is 1. The number of ketones is 1. The summed E-state index contributed by atoms with van der Waals surface area (Å²) in [5.41, 5.74) is 0. The normalized spacial score (nSPS) is 29.5. The van der Waals surface area contributed by atoms with E-state index in [9.17, 15) is 13.2 Å². The Hall–Kier alpha value is -0.500. The fourth-order valence-corrected chi connectivity index (χ4v) is 4.47. The summed E-state index contributed by atoms with van der Waals surface area (Å²) in [5, 5.41) is 0. The van der Waals surface area contributed by atoms with E-state index in [-0.39, 0.29) is 30.1 Å². The lowest BCUT2D eigenvalue weighted by Crippen LogP contribution is -2.51. The van der Waals surface area contributed by atoms with Gasteiger partial charge in [-0.15, -0.1) is 0 Å². The van der Waals surface area contributed by atoms with Crippen LogP contribution in [0.5, 0.6) is 0 Å². The van der Waals surface area contributed by atoms with Gasteiger partial charge in [-0.25, -0.2) is 8.42 Å². The van der Waals surface area contributed by atoms with Gasteiger partial charge in [0.25, 0.3) is 0 Å². The van der Waals surface area contributed by atoms with Crippen molar-refractivity contribution in [2.75, 3.05) is 32.1 Å². The van der Waals surface area contributed by atoms with E-state index >= 15 is 0 Å². The Labute approximate surface area is 114 Å². The highest BCUT2D eigenvalue weighted by Gasteiger charge is 2.35. The van der Waals surface area contributed by atoms with Crippen LogP contribution in [0.2, 0.25) is 0 Å². The lowest BCUT2D eigenvalue weighted by atomic mass is 10.1. The van der Waals surface area contributed by atoms with Gasteiger partial charge < -0.3 is 9.47 Å². The monoisotopic (exact) mass is 291 g/mol. The molecule has 0 saturated carbocycles. The summed E-state index contributed by atoms with van der Waals surface area (Å²) in [4.78, 5) is 11.2. The van der Waals surface area contributed by atoms with Gasteiger partial charge in [0.2, 0.25) is 10.0 Å². The average molecular weight is 291 g/mol. The van der Waals surface area contributed by atoms with E-state index in [1.807, 2.05) is 0 Å². The minimum atomic E-state index is -3.39. The van der Waals surface area contributed by atoms with E-state index in [2.05, 4.69) is 0 Å². The van der Waals surface area contributed by atoms with Crippen molar-refractivity contribution in [1.82, 2.24) is 4.31 Å². The molecule has 7 heteroatoms. The molecule has 0 spiro atoms. The number of carbonyl (C=O) groups is 1. The maximum atomic E-state index is 12.4. The van der Waals surface area contributed by atoms with E-state index in [0.29, 0.717) is 26.4 Å². The molecule has 0 N–H and O–H groups in total. The van der Waals surface area contributed by atoms with Crippen molar-refractivity contribution in [3.8, 4) is 0 Å². The zero-order valence-corrected chi connectivity index (χ0v) is 12.0. The Morgan fingerprint density at radius 1 is 1.37 bits per heavy atom. The minimum absolute atomic E-state index is 0.0153. The van der Waals surface area contributed by atoms with E-state index in [4.69, 9.17) is 9.47 Å². The summed E-state index contributed by atoms with van der Waals surface area (Å²) < 4.78 is 36.9. The second-order valence-corrected chi connectivity index (χ2v) is 7.13. The van der Waals surface area contributed by atoms with Crippen molar-refractivity contribution in [3.63, 3.8) is 0 Å². The van der Waals surface area contributed by atoms with Crippen LogP contribution in [0.25, 0.3) is 0 Å². The van der Waals surface area contributed by atoms with Crippen molar-refractivity contribution in [2.45, 2.75) is 38.3 Å². The van der Waals surface area contributed by atoms with Gasteiger partial charge in [-0.2, -0.15) is 4.31 Å². The molecule has 110 valence electrons. The molecule has 2 unspecified atom stereocenters. The Bertz CT molecular complexity index is 416. The van der Waals surface area contributed by atoms with Crippen LogP contribution in [-0.4, -0.2) is 62.8 Å². The maximum Gasteiger partial charge on any atom is 0.217 e. The molecule has 0 aromatic carbocycles. The number of sulfonamides is 1. The Kier molecular flexibility index (Phi) is 4.94. The highest BCUT2D eigenvalue weighted by Crippen LogP contribution is 2.20. The molecule has 2 aliphatic rings. The largest absolute Gasteiger partial charge is 0.378 e. The van der Waals surface area contributed by atoms with Crippen LogP contribution in [0.1, 0.15) is 26.2 Å². The molecule has 19 heavy (non-hydrogen) atoms. The summed E-state index contributed by atoms with van der Waals surface area (Å²) >= 11 is 0. The lowest BCUT2D eigenvalue weighted by Gasteiger charge is -2.34. The van der Waals surface area contributed by atoms with E-state index in [0.717, 1.165) is 12.8 Å². The number of ether oxygens (including phenoxy) is 2. The summed E-state index contributed by atoms with van der Waals surface area (Å²) in [5.74, 6) is -0.00526. The van der Waals surface area contributed by atoms with Gasteiger partial charge in [0.1, 0.15) is 5.78 Å². The third kappa shape index (κ3) is 3.98. The Balaban J connectivity index is 2.04. The first-order valence-electron chi connectivity index (χ1n) is 6.67. The first kappa shape index (κ1) is 14.9. The Morgan fingerprint density at radius 2 is 2.16 bits per heavy atom. The van der Waals surface area contributed by atoms with Crippen molar-refractivity contribution in [2.24, 2.45) is 0 Å². The summed E-state index contributed by atoms with van der Waals surface area (Å²) in [6, 6.07) is -0.363. The van der Waals surface area contributed by atoms with Crippen LogP contribution < -0.4 is 0 Å². The van der Waals surface area contributed by atoms with Crippen molar-refractivity contribution < 1.29 is 22.7 Å². The Morgan fingerprint density at radius 3 is 2.79 bits per heavy atom. The van der Waals surface area contributed by atoms with Crippen LogP contribution in [0.4, 0.5) is 0 Å². The smallest absolute Gasteiger partial charge is 0.217 e. The van der Waals surface area contributed by atoms with Gasteiger partial charge in [-0.05, 0) is 19.8 Å². The number of hydrogen-bond donors (Lipinski definition) is 0. The van der Waals surface area contributed by atoms with E-state index in [1.165, 1.54) is 11.2 Å². The third-order valence-corrected chi connectivity index (χ3v) is 5.46. The number of rotatable bonds is 5. The zero-order chi connectivity index (χ0) is 13.9. The van der Waals surface area contributed by atoms with Gasteiger partial charge in [0, 0.05) is 19.6 Å². The van der Waals surface area contributed by atoms with Gasteiger partial charge in [0.15, 0.2) is 0 Å². The first-order chi connectivity index (χ1) is 8.99. The van der Waals surface area contributed by atoms with Gasteiger partial charge in [-0.3, -0.25) is 4.79 Å². The predicted molar refractivity (Wildman–Crippen MR) is 69.4 cm³/mol. The molecule has 0 bridgehead atoms. The fourth-order valence-electron chi connectivity index (χ4n) is 2.60. The van der Waals surface area contributed by atoms with Crippen molar-refractivity contribution in [1.29, 1.82) is 0 Å². The molecule has 6 nitrogen and oxygen atoms in total. The molecule has 0 aromatic heterocycles. The number of nitrogens with zero attached hydrogens (tertiary/aromatic N) is 1. The summed E-state index contributed by atoms with van der Waals surface area (Å²) in [6.07, 6.45) is 1.72. The summed E-state index contributed by atoms with van der Waals surface area (Å²) in [7, 11) is -3.39. The van der Waals surface area contributed by atoms with Gasteiger partial charge in [0.05, 0.1) is 31.1 Å². The molecule has 2 atom stereocenters. The molecule has 0 radical (unpaired) electrons. The number of hydrogen-bond acceptors (Lipinski definition) is 5. The molecular formula is C12H21NO5S. The molecule has 2 rings (SSSR count). The van der Waals surface area contributed by atoms with Crippen molar-refractivity contribution in [3.05, 3.63) is 0 Å². The van der Waals surface area contributed by atoms with Gasteiger partial charge >= 0.3 is 0 Å². The second kappa shape index (κ2) is 6.30. The minimum Gasteiger partial charge on any atom is -0.378 e. The van der Waals surface area contributed by atoms with Gasteiger partial charge in [-0.1, -0.05) is 0 Å². The molecule has 2 saturated heterocycles. The standard InChI is InChI=1S/C12H21NO5S/c1-10(14)7-11-8-17-6-4-13(11)19(15,16)9-12-3-2-5-18-12/h11-12H,2-9H2,1H3. The van der Waals surface area contributed by atoms with Crippen LogP contribution >= 0.6 is 0 Å². The molecular weight excluding hydrogens is 270 g/mol. The maximum absolute atomic E-state index is 12.4. The van der Waals surface area contributed by atoms with E-state index < -0.39 is 10.0 Å². The van der Waals surface area contributed by atoms with Crippen LogP contribution in [0, 0.1) is 0 Å². The first-order valence-corrected chi connectivity index (χ1v) is 8.28. The van der Waals surface area contributed by atoms with Crippen molar-refractivity contribution >= 4 is 15.8 Å². The molecule has 2 fully saturated rings. The quantitative estimate of drug-likeness (QED) is 0.722. The van der Waals surface area contributed by atoms with Crippen LogP contribution in [0.3, 0.4) is 0 Å². The third-order valence-electron chi connectivity index (χ3n) is 3.47.